The molecular weight excluding hydrogens is 367 g/mol. The average Bonchev–Trinajstić information content (AvgIpc) is 3.25. The van der Waals surface area contributed by atoms with Crippen molar-refractivity contribution in [3.63, 3.8) is 0 Å². The molecule has 6 nitrogen and oxygen atoms in total. The summed E-state index contributed by atoms with van der Waals surface area (Å²) >= 11 is 1.39. The lowest BCUT2D eigenvalue weighted by atomic mass is 10.1. The average molecular weight is 388 g/mol. The lowest BCUT2D eigenvalue weighted by molar-refractivity contribution is -0.116. The predicted molar refractivity (Wildman–Crippen MR) is 101 cm³/mol. The van der Waals surface area contributed by atoms with Crippen molar-refractivity contribution in [3.8, 4) is 0 Å². The number of hydrogen-bond acceptors (Lipinski definition) is 6. The third kappa shape index (κ3) is 5.68. The van der Waals surface area contributed by atoms with Crippen LogP contribution in [0.5, 0.6) is 0 Å². The highest BCUT2D eigenvalue weighted by molar-refractivity contribution is 7.15. The number of benzene rings is 1. The van der Waals surface area contributed by atoms with E-state index in [1.807, 2.05) is 19.9 Å². The van der Waals surface area contributed by atoms with Crippen molar-refractivity contribution in [3.05, 3.63) is 58.4 Å². The van der Waals surface area contributed by atoms with Crippen LogP contribution in [0.4, 0.5) is 9.52 Å². The van der Waals surface area contributed by atoms with Crippen LogP contribution < -0.4 is 5.32 Å². The first-order chi connectivity index (χ1) is 13.0. The summed E-state index contributed by atoms with van der Waals surface area (Å²) in [5, 5.41) is 7.25. The van der Waals surface area contributed by atoms with Crippen LogP contribution in [0, 0.1) is 5.82 Å². The number of amides is 1. The number of rotatable bonds is 8. The van der Waals surface area contributed by atoms with Crippen LogP contribution in [0.15, 0.2) is 35.0 Å². The largest absolute Gasteiger partial charge is 0.339 e. The Balaban J connectivity index is 1.44. The molecule has 0 fully saturated rings. The maximum Gasteiger partial charge on any atom is 0.226 e. The van der Waals surface area contributed by atoms with Gasteiger partial charge in [-0.15, -0.1) is 11.3 Å². The second kappa shape index (κ2) is 8.85. The highest BCUT2D eigenvalue weighted by Crippen LogP contribution is 2.22. The van der Waals surface area contributed by atoms with Crippen LogP contribution in [0.3, 0.4) is 0 Å². The quantitative estimate of drug-likeness (QED) is 0.621. The van der Waals surface area contributed by atoms with Gasteiger partial charge in [0.25, 0.3) is 0 Å². The van der Waals surface area contributed by atoms with Crippen LogP contribution in [0.2, 0.25) is 0 Å². The van der Waals surface area contributed by atoms with Crippen molar-refractivity contribution in [1.29, 1.82) is 0 Å². The van der Waals surface area contributed by atoms with E-state index in [9.17, 15) is 9.18 Å². The van der Waals surface area contributed by atoms with E-state index in [4.69, 9.17) is 4.52 Å². The van der Waals surface area contributed by atoms with Gasteiger partial charge in [0, 0.05) is 36.3 Å². The molecule has 2 aromatic heterocycles. The van der Waals surface area contributed by atoms with E-state index in [2.05, 4.69) is 20.4 Å². The molecule has 3 rings (SSSR count). The van der Waals surface area contributed by atoms with E-state index in [0.717, 1.165) is 10.4 Å². The fourth-order valence-electron chi connectivity index (χ4n) is 2.48. The lowest BCUT2D eigenvalue weighted by Gasteiger charge is -2.00. The minimum Gasteiger partial charge on any atom is -0.339 e. The van der Waals surface area contributed by atoms with Gasteiger partial charge >= 0.3 is 0 Å². The number of thiazole rings is 1. The van der Waals surface area contributed by atoms with Gasteiger partial charge in [0.2, 0.25) is 11.8 Å². The zero-order valence-corrected chi connectivity index (χ0v) is 16.1. The summed E-state index contributed by atoms with van der Waals surface area (Å²) < 4.78 is 18.4. The van der Waals surface area contributed by atoms with Gasteiger partial charge in [-0.2, -0.15) is 4.98 Å². The van der Waals surface area contributed by atoms with E-state index < -0.39 is 0 Å². The van der Waals surface area contributed by atoms with E-state index in [1.54, 1.807) is 12.3 Å². The van der Waals surface area contributed by atoms with Crippen molar-refractivity contribution in [2.24, 2.45) is 0 Å². The zero-order chi connectivity index (χ0) is 19.2. The van der Waals surface area contributed by atoms with Crippen molar-refractivity contribution < 1.29 is 13.7 Å². The topological polar surface area (TPSA) is 80.9 Å². The summed E-state index contributed by atoms with van der Waals surface area (Å²) in [6.45, 7) is 4.00. The number of nitrogens with one attached hydrogen (secondary N) is 1. The molecule has 142 valence electrons. The Kier molecular flexibility index (Phi) is 6.28. The van der Waals surface area contributed by atoms with Crippen molar-refractivity contribution >= 4 is 22.4 Å². The van der Waals surface area contributed by atoms with Crippen molar-refractivity contribution in [2.75, 3.05) is 5.32 Å². The first kappa shape index (κ1) is 19.2. The summed E-state index contributed by atoms with van der Waals surface area (Å²) in [6, 6.07) is 6.46. The number of nitrogens with zero attached hydrogens (tertiary/aromatic N) is 3. The summed E-state index contributed by atoms with van der Waals surface area (Å²) in [5.41, 5.74) is 0.872. The van der Waals surface area contributed by atoms with Gasteiger partial charge in [0.1, 0.15) is 5.82 Å². The molecule has 2 heterocycles. The molecule has 0 spiro atoms. The third-order valence-electron chi connectivity index (χ3n) is 3.86. The molecule has 27 heavy (non-hydrogen) atoms. The second-order valence-corrected chi connectivity index (χ2v) is 7.66. The maximum absolute atomic E-state index is 13.2. The number of anilines is 1. The molecule has 0 bridgehead atoms. The van der Waals surface area contributed by atoms with Gasteiger partial charge in [0.15, 0.2) is 11.0 Å². The number of hydrogen-bond donors (Lipinski definition) is 1. The van der Waals surface area contributed by atoms with E-state index in [-0.39, 0.29) is 17.6 Å². The molecule has 0 saturated carbocycles. The van der Waals surface area contributed by atoms with E-state index in [1.165, 1.54) is 23.5 Å². The molecule has 1 N–H and O–H groups in total. The zero-order valence-electron chi connectivity index (χ0n) is 15.2. The number of carbonyl (C=O) groups excluding carboxylic acids is 1. The standard InChI is InChI=1S/C19H21FN4O2S/c1-12(2)18-23-17(26-24-18)8-4-7-16(25)22-19-21-11-15(27-19)10-13-5-3-6-14(20)9-13/h3,5-6,9,11-12H,4,7-8,10H2,1-2H3,(H,21,22,25). The molecule has 1 aromatic carbocycles. The van der Waals surface area contributed by atoms with Gasteiger partial charge in [-0.1, -0.05) is 31.1 Å². The highest BCUT2D eigenvalue weighted by atomic mass is 32.1. The van der Waals surface area contributed by atoms with Crippen LogP contribution in [0.1, 0.15) is 54.8 Å². The molecule has 0 aliphatic heterocycles. The Labute approximate surface area is 160 Å². The third-order valence-corrected chi connectivity index (χ3v) is 4.77. The Bertz CT molecular complexity index is 907. The molecule has 1 amide bonds. The van der Waals surface area contributed by atoms with Crippen molar-refractivity contribution in [1.82, 2.24) is 15.1 Å². The molecule has 3 aromatic rings. The molecule has 8 heteroatoms. The SMILES string of the molecule is CC(C)c1noc(CCCC(=O)Nc2ncc(Cc3cccc(F)c3)s2)n1. The summed E-state index contributed by atoms with van der Waals surface area (Å²) in [6.07, 6.45) is 3.82. The van der Waals surface area contributed by atoms with Gasteiger partial charge in [-0.25, -0.2) is 9.37 Å². The molecule has 0 unspecified atom stereocenters. The monoisotopic (exact) mass is 388 g/mol. The predicted octanol–water partition coefficient (Wildman–Crippen LogP) is 4.34. The number of halogens is 1. The Morgan fingerprint density at radius 3 is 2.96 bits per heavy atom. The first-order valence-corrected chi connectivity index (χ1v) is 9.62. The summed E-state index contributed by atoms with van der Waals surface area (Å²) in [4.78, 5) is 21.5. The number of aryl methyl sites for hydroxylation is 1. The van der Waals surface area contributed by atoms with E-state index >= 15 is 0 Å². The lowest BCUT2D eigenvalue weighted by Crippen LogP contribution is -2.11. The molecular formula is C19H21FN4O2S. The molecule has 0 radical (unpaired) electrons. The van der Waals surface area contributed by atoms with Crippen LogP contribution in [0.25, 0.3) is 0 Å². The smallest absolute Gasteiger partial charge is 0.226 e. The summed E-state index contributed by atoms with van der Waals surface area (Å²) in [7, 11) is 0. The van der Waals surface area contributed by atoms with Crippen LogP contribution >= 0.6 is 11.3 Å². The molecule has 0 aliphatic carbocycles. The Morgan fingerprint density at radius 2 is 2.22 bits per heavy atom. The minimum absolute atomic E-state index is 0.106. The van der Waals surface area contributed by atoms with Gasteiger partial charge in [0.05, 0.1) is 0 Å². The molecule has 0 atom stereocenters. The summed E-state index contributed by atoms with van der Waals surface area (Å²) in [5.74, 6) is 1.09. The molecule has 0 saturated heterocycles. The first-order valence-electron chi connectivity index (χ1n) is 8.81. The minimum atomic E-state index is -0.257. The van der Waals surface area contributed by atoms with Crippen LogP contribution in [-0.2, 0) is 17.6 Å². The Hall–Kier alpha value is -2.61. The Morgan fingerprint density at radius 1 is 1.37 bits per heavy atom. The number of aromatic nitrogens is 3. The normalized spacial score (nSPS) is 11.1. The van der Waals surface area contributed by atoms with Gasteiger partial charge < -0.3 is 9.84 Å². The maximum atomic E-state index is 13.2. The number of carbonyl (C=O) groups is 1. The van der Waals surface area contributed by atoms with Gasteiger partial charge in [-0.3, -0.25) is 4.79 Å². The fourth-order valence-corrected chi connectivity index (χ4v) is 3.34. The fraction of sp³-hybridized carbons (Fsp3) is 0.368. The molecule has 0 aliphatic rings. The van der Waals surface area contributed by atoms with E-state index in [0.29, 0.717) is 42.5 Å². The highest BCUT2D eigenvalue weighted by Gasteiger charge is 2.11. The van der Waals surface area contributed by atoms with Crippen LogP contribution in [-0.4, -0.2) is 21.0 Å². The van der Waals surface area contributed by atoms with Crippen molar-refractivity contribution in [2.45, 2.75) is 45.4 Å². The second-order valence-electron chi connectivity index (χ2n) is 6.54. The van der Waals surface area contributed by atoms with Gasteiger partial charge in [-0.05, 0) is 24.1 Å².